The highest BCUT2D eigenvalue weighted by Gasteiger charge is 2.00. The summed E-state index contributed by atoms with van der Waals surface area (Å²) in [5.74, 6) is 0.695. The van der Waals surface area contributed by atoms with E-state index in [0.29, 0.717) is 23.7 Å². The second-order valence-corrected chi connectivity index (χ2v) is 3.45. The van der Waals surface area contributed by atoms with E-state index >= 15 is 0 Å². The minimum atomic E-state index is 0. The predicted octanol–water partition coefficient (Wildman–Crippen LogP) is 2.06. The Morgan fingerprint density at radius 2 is 1.71 bits per heavy atom. The summed E-state index contributed by atoms with van der Waals surface area (Å²) in [4.78, 5) is 2.05. The Balaban J connectivity index is -0.000000653. The molecule has 0 saturated carbocycles. The minimum Gasteiger partial charge on any atom is -0.490 e. The molecule has 0 saturated heterocycles. The maximum atomic E-state index is 5.72. The summed E-state index contributed by atoms with van der Waals surface area (Å²) in [7, 11) is 3.99. The molecule has 17 heavy (non-hydrogen) atoms. The van der Waals surface area contributed by atoms with Gasteiger partial charge in [0.1, 0.15) is 12.4 Å². The van der Waals surface area contributed by atoms with Crippen molar-refractivity contribution in [1.82, 2.24) is 4.90 Å². The average molecular weight is 305 g/mol. The Morgan fingerprint density at radius 1 is 1.12 bits per heavy atom. The van der Waals surface area contributed by atoms with Crippen molar-refractivity contribution in [3.8, 4) is 5.75 Å². The van der Waals surface area contributed by atoms with Crippen molar-refractivity contribution in [2.24, 2.45) is 0 Å². The molecule has 0 atom stereocenters. The highest BCUT2D eigenvalue weighted by atomic mass is 35.5. The number of hydrogen-bond donors (Lipinski definition) is 2. The summed E-state index contributed by atoms with van der Waals surface area (Å²) in [6.45, 7) is 1.49. The van der Waals surface area contributed by atoms with E-state index in [0.717, 1.165) is 6.54 Å². The van der Waals surface area contributed by atoms with Crippen LogP contribution in [-0.4, -0.2) is 32.1 Å². The number of anilines is 2. The first-order chi connectivity index (χ1) is 6.59. The van der Waals surface area contributed by atoms with Gasteiger partial charge in [-0.2, -0.15) is 0 Å². The highest BCUT2D eigenvalue weighted by Crippen LogP contribution is 2.23. The van der Waals surface area contributed by atoms with Crippen LogP contribution in [0.15, 0.2) is 18.2 Å². The number of halogens is 3. The van der Waals surface area contributed by atoms with E-state index in [-0.39, 0.29) is 37.2 Å². The van der Waals surface area contributed by atoms with E-state index in [1.54, 1.807) is 18.2 Å². The second-order valence-electron chi connectivity index (χ2n) is 3.45. The molecule has 1 aromatic rings. The molecule has 0 aliphatic rings. The van der Waals surface area contributed by atoms with Gasteiger partial charge in [-0.15, -0.1) is 37.2 Å². The van der Waals surface area contributed by atoms with Gasteiger partial charge in [-0.25, -0.2) is 0 Å². The molecule has 1 aromatic carbocycles. The molecule has 0 aliphatic heterocycles. The van der Waals surface area contributed by atoms with Crippen LogP contribution in [0.2, 0.25) is 0 Å². The maximum absolute atomic E-state index is 5.72. The first-order valence-corrected chi connectivity index (χ1v) is 4.52. The minimum absolute atomic E-state index is 0. The molecule has 1 rings (SSSR count). The van der Waals surface area contributed by atoms with E-state index in [9.17, 15) is 0 Å². The zero-order chi connectivity index (χ0) is 10.6. The zero-order valence-electron chi connectivity index (χ0n) is 9.88. The molecule has 0 aromatic heterocycles. The van der Waals surface area contributed by atoms with Crippen LogP contribution in [0.1, 0.15) is 0 Å². The van der Waals surface area contributed by atoms with Gasteiger partial charge in [0.25, 0.3) is 0 Å². The highest BCUT2D eigenvalue weighted by molar-refractivity contribution is 5.86. The van der Waals surface area contributed by atoms with Gasteiger partial charge in [0.15, 0.2) is 0 Å². The van der Waals surface area contributed by atoms with E-state index in [2.05, 4.69) is 0 Å². The fourth-order valence-electron chi connectivity index (χ4n) is 1.04. The van der Waals surface area contributed by atoms with Gasteiger partial charge in [0.2, 0.25) is 0 Å². The van der Waals surface area contributed by atoms with Crippen LogP contribution < -0.4 is 16.2 Å². The van der Waals surface area contributed by atoms with Crippen molar-refractivity contribution in [2.75, 3.05) is 38.7 Å². The average Bonchev–Trinajstić information content (AvgIpc) is 2.08. The van der Waals surface area contributed by atoms with Crippen molar-refractivity contribution in [1.29, 1.82) is 0 Å². The number of nitrogens with two attached hydrogens (primary N) is 2. The van der Waals surface area contributed by atoms with Crippen LogP contribution in [0.5, 0.6) is 5.75 Å². The fraction of sp³-hybridized carbons (Fsp3) is 0.400. The standard InChI is InChI=1S/C10H17N3O.3ClH/c1-13(2)5-6-14-10-4-3-8(11)7-9(10)12;;;/h3-4,7H,5-6,11-12H2,1-2H3;3*1H. The van der Waals surface area contributed by atoms with E-state index in [1.165, 1.54) is 0 Å². The monoisotopic (exact) mass is 303 g/mol. The quantitative estimate of drug-likeness (QED) is 0.836. The number of likely N-dealkylation sites (N-methyl/N-ethyl adjacent to an activating group) is 1. The van der Waals surface area contributed by atoms with Crippen LogP contribution in [0.3, 0.4) is 0 Å². The molecule has 0 unspecified atom stereocenters. The molecule has 0 aliphatic carbocycles. The van der Waals surface area contributed by atoms with Gasteiger partial charge in [0, 0.05) is 12.2 Å². The molecule has 0 bridgehead atoms. The molecule has 0 heterocycles. The third-order valence-corrected chi connectivity index (χ3v) is 1.83. The van der Waals surface area contributed by atoms with Gasteiger partial charge in [0.05, 0.1) is 5.69 Å². The molecule has 4 nitrogen and oxygen atoms in total. The summed E-state index contributed by atoms with van der Waals surface area (Å²) in [6, 6.07) is 5.27. The van der Waals surface area contributed by atoms with Crippen LogP contribution in [0.4, 0.5) is 11.4 Å². The van der Waals surface area contributed by atoms with Crippen LogP contribution in [0, 0.1) is 0 Å². The maximum Gasteiger partial charge on any atom is 0.142 e. The first kappa shape index (κ1) is 21.7. The summed E-state index contributed by atoms with van der Waals surface area (Å²) in [6.07, 6.45) is 0. The van der Waals surface area contributed by atoms with Gasteiger partial charge in [-0.1, -0.05) is 0 Å². The van der Waals surface area contributed by atoms with Crippen molar-refractivity contribution in [3.63, 3.8) is 0 Å². The molecule has 0 radical (unpaired) electrons. The summed E-state index contributed by atoms with van der Waals surface area (Å²) in [5.41, 5.74) is 12.5. The van der Waals surface area contributed by atoms with E-state index in [1.807, 2.05) is 19.0 Å². The number of rotatable bonds is 4. The number of nitrogens with zero attached hydrogens (tertiary/aromatic N) is 1. The lowest BCUT2D eigenvalue weighted by Gasteiger charge is -2.12. The summed E-state index contributed by atoms with van der Waals surface area (Å²) < 4.78 is 5.48. The molecule has 102 valence electrons. The number of benzene rings is 1. The first-order valence-electron chi connectivity index (χ1n) is 4.52. The third-order valence-electron chi connectivity index (χ3n) is 1.83. The molecular formula is C10H20Cl3N3O. The fourth-order valence-corrected chi connectivity index (χ4v) is 1.04. The van der Waals surface area contributed by atoms with Gasteiger partial charge < -0.3 is 21.1 Å². The third kappa shape index (κ3) is 8.21. The van der Waals surface area contributed by atoms with Crippen LogP contribution >= 0.6 is 37.2 Å². The Hall–Kier alpha value is -0.550. The summed E-state index contributed by atoms with van der Waals surface area (Å²) in [5, 5.41) is 0. The topological polar surface area (TPSA) is 64.5 Å². The predicted molar refractivity (Wildman–Crippen MR) is 81.1 cm³/mol. The second kappa shape index (κ2) is 10.6. The Bertz CT molecular complexity index is 311. The Morgan fingerprint density at radius 3 is 2.18 bits per heavy atom. The normalized spacial score (nSPS) is 8.65. The molecule has 0 fully saturated rings. The Kier molecular flexibility index (Phi) is 13.5. The number of hydrogen-bond acceptors (Lipinski definition) is 4. The molecule has 0 spiro atoms. The van der Waals surface area contributed by atoms with Crippen molar-refractivity contribution < 1.29 is 4.74 Å². The lowest BCUT2D eigenvalue weighted by atomic mass is 10.2. The Labute approximate surface area is 121 Å². The lowest BCUT2D eigenvalue weighted by molar-refractivity contribution is 0.262. The van der Waals surface area contributed by atoms with Crippen molar-refractivity contribution in [3.05, 3.63) is 18.2 Å². The lowest BCUT2D eigenvalue weighted by Crippen LogP contribution is -2.19. The van der Waals surface area contributed by atoms with Gasteiger partial charge in [-0.05, 0) is 32.3 Å². The summed E-state index contributed by atoms with van der Waals surface area (Å²) >= 11 is 0. The van der Waals surface area contributed by atoms with Gasteiger partial charge in [-0.3, -0.25) is 0 Å². The van der Waals surface area contributed by atoms with E-state index < -0.39 is 0 Å². The van der Waals surface area contributed by atoms with Gasteiger partial charge >= 0.3 is 0 Å². The molecule has 4 N–H and O–H groups in total. The largest absolute Gasteiger partial charge is 0.490 e. The SMILES string of the molecule is CN(C)CCOc1ccc(N)cc1N.Cl.Cl.Cl. The van der Waals surface area contributed by atoms with Crippen molar-refractivity contribution in [2.45, 2.75) is 0 Å². The van der Waals surface area contributed by atoms with Crippen LogP contribution in [0.25, 0.3) is 0 Å². The molecule has 0 amide bonds. The number of nitrogen functional groups attached to an aromatic ring is 2. The van der Waals surface area contributed by atoms with E-state index in [4.69, 9.17) is 16.2 Å². The van der Waals surface area contributed by atoms with Crippen LogP contribution in [-0.2, 0) is 0 Å². The van der Waals surface area contributed by atoms with Crippen molar-refractivity contribution >= 4 is 48.6 Å². The zero-order valence-corrected chi connectivity index (χ0v) is 12.3. The smallest absolute Gasteiger partial charge is 0.142 e. The molecular weight excluding hydrogens is 284 g/mol. The number of ether oxygens (including phenoxy) is 1. The molecule has 7 heteroatoms.